The average Bonchev–Trinajstić information content (AvgIpc) is 2.70. The zero-order valence-electron chi connectivity index (χ0n) is 9.53. The van der Waals surface area contributed by atoms with E-state index in [9.17, 15) is 0 Å². The molecule has 0 spiro atoms. The Morgan fingerprint density at radius 1 is 1.31 bits per heavy atom. The number of hydrogen-bond donors (Lipinski definition) is 1. The van der Waals surface area contributed by atoms with E-state index in [-0.39, 0.29) is 6.04 Å². The molecule has 1 aromatic rings. The van der Waals surface area contributed by atoms with Gasteiger partial charge in [-0.2, -0.15) is 0 Å². The van der Waals surface area contributed by atoms with Crippen LogP contribution in [0.2, 0.25) is 0 Å². The predicted molar refractivity (Wildman–Crippen MR) is 71.5 cm³/mol. The third kappa shape index (κ3) is 3.58. The molecule has 1 aromatic carbocycles. The molecule has 0 bridgehead atoms. The van der Waals surface area contributed by atoms with Gasteiger partial charge in [0.05, 0.1) is 0 Å². The quantitative estimate of drug-likeness (QED) is 0.919. The number of benzene rings is 1. The molecule has 3 heteroatoms. The van der Waals surface area contributed by atoms with Crippen molar-refractivity contribution in [2.45, 2.75) is 25.3 Å². The third-order valence-electron chi connectivity index (χ3n) is 3.08. The number of hydrogen-bond acceptors (Lipinski definition) is 2. The fraction of sp³-hybridized carbons (Fsp3) is 0.538. The molecule has 1 aliphatic heterocycles. The fourth-order valence-electron chi connectivity index (χ4n) is 2.33. The predicted octanol–water partition coefficient (Wildman–Crippen LogP) is 2.41. The van der Waals surface area contributed by atoms with E-state index in [0.29, 0.717) is 0 Å². The highest BCUT2D eigenvalue weighted by molar-refractivity contribution is 9.10. The number of nitrogens with two attached hydrogens (primary N) is 1. The van der Waals surface area contributed by atoms with Crippen LogP contribution in [0, 0.1) is 0 Å². The third-order valence-corrected chi connectivity index (χ3v) is 3.57. The first-order valence-electron chi connectivity index (χ1n) is 5.96. The number of likely N-dealkylation sites (tertiary alicyclic amines) is 1. The van der Waals surface area contributed by atoms with Gasteiger partial charge in [0.15, 0.2) is 0 Å². The minimum Gasteiger partial charge on any atom is -0.326 e. The normalized spacial score (nSPS) is 18.9. The van der Waals surface area contributed by atoms with Crippen LogP contribution in [-0.4, -0.2) is 30.6 Å². The van der Waals surface area contributed by atoms with Crippen molar-refractivity contribution in [2.24, 2.45) is 5.73 Å². The van der Waals surface area contributed by atoms with Crippen molar-refractivity contribution in [3.63, 3.8) is 0 Å². The van der Waals surface area contributed by atoms with Gasteiger partial charge < -0.3 is 10.6 Å². The van der Waals surface area contributed by atoms with Gasteiger partial charge in [-0.25, -0.2) is 0 Å². The molecule has 1 unspecified atom stereocenters. The van der Waals surface area contributed by atoms with Crippen LogP contribution in [0.25, 0.3) is 0 Å². The summed E-state index contributed by atoms with van der Waals surface area (Å²) in [6, 6.07) is 8.68. The minimum atomic E-state index is 0.257. The van der Waals surface area contributed by atoms with Crippen LogP contribution in [-0.2, 0) is 6.42 Å². The van der Waals surface area contributed by atoms with Gasteiger partial charge in [0.2, 0.25) is 0 Å². The minimum absolute atomic E-state index is 0.257. The summed E-state index contributed by atoms with van der Waals surface area (Å²) in [4.78, 5) is 2.47. The Hall–Kier alpha value is -0.380. The van der Waals surface area contributed by atoms with Gasteiger partial charge in [0.1, 0.15) is 0 Å². The Balaban J connectivity index is 1.84. The van der Waals surface area contributed by atoms with Crippen LogP contribution in [0.5, 0.6) is 0 Å². The lowest BCUT2D eigenvalue weighted by molar-refractivity contribution is 0.313. The standard InChI is InChI=1S/C13H19BrN2/c14-12-5-3-4-11(8-12)9-13(15)10-16-6-1-2-7-16/h3-5,8,13H,1-2,6-7,9-10,15H2. The second-order valence-electron chi connectivity index (χ2n) is 4.60. The van der Waals surface area contributed by atoms with E-state index in [1.54, 1.807) is 0 Å². The Labute approximate surface area is 106 Å². The Bertz CT molecular complexity index is 334. The van der Waals surface area contributed by atoms with Gasteiger partial charge in [-0.3, -0.25) is 0 Å². The van der Waals surface area contributed by atoms with Crippen LogP contribution >= 0.6 is 15.9 Å². The average molecular weight is 283 g/mol. The van der Waals surface area contributed by atoms with E-state index in [1.165, 1.54) is 31.5 Å². The molecule has 1 atom stereocenters. The van der Waals surface area contributed by atoms with Crippen molar-refractivity contribution in [2.75, 3.05) is 19.6 Å². The van der Waals surface area contributed by atoms with E-state index in [0.717, 1.165) is 17.4 Å². The second kappa shape index (κ2) is 5.80. The molecule has 0 saturated carbocycles. The summed E-state index contributed by atoms with van der Waals surface area (Å²) < 4.78 is 1.14. The number of nitrogens with zero attached hydrogens (tertiary/aromatic N) is 1. The zero-order chi connectivity index (χ0) is 11.4. The summed E-state index contributed by atoms with van der Waals surface area (Å²) in [6.45, 7) is 3.49. The second-order valence-corrected chi connectivity index (χ2v) is 5.52. The lowest BCUT2D eigenvalue weighted by atomic mass is 10.1. The monoisotopic (exact) mass is 282 g/mol. The van der Waals surface area contributed by atoms with E-state index in [1.807, 2.05) is 0 Å². The van der Waals surface area contributed by atoms with Gasteiger partial charge in [-0.15, -0.1) is 0 Å². The van der Waals surface area contributed by atoms with Crippen LogP contribution < -0.4 is 5.73 Å². The first-order chi connectivity index (χ1) is 7.74. The molecule has 88 valence electrons. The fourth-order valence-corrected chi connectivity index (χ4v) is 2.77. The molecular formula is C13H19BrN2. The maximum Gasteiger partial charge on any atom is 0.0208 e. The van der Waals surface area contributed by atoms with Crippen LogP contribution in [0.3, 0.4) is 0 Å². The molecule has 1 saturated heterocycles. The van der Waals surface area contributed by atoms with Crippen LogP contribution in [0.4, 0.5) is 0 Å². The zero-order valence-corrected chi connectivity index (χ0v) is 11.1. The molecule has 0 radical (unpaired) electrons. The molecule has 2 rings (SSSR count). The van der Waals surface area contributed by atoms with Crippen molar-refractivity contribution >= 4 is 15.9 Å². The first-order valence-corrected chi connectivity index (χ1v) is 6.76. The molecule has 2 N–H and O–H groups in total. The maximum atomic E-state index is 6.18. The Morgan fingerprint density at radius 2 is 2.06 bits per heavy atom. The summed E-state index contributed by atoms with van der Waals surface area (Å²) in [5.74, 6) is 0. The van der Waals surface area contributed by atoms with Gasteiger partial charge in [0, 0.05) is 17.1 Å². The molecule has 1 heterocycles. The van der Waals surface area contributed by atoms with E-state index < -0.39 is 0 Å². The molecule has 2 nitrogen and oxygen atoms in total. The Kier molecular flexibility index (Phi) is 4.38. The summed E-state index contributed by atoms with van der Waals surface area (Å²) in [7, 11) is 0. The van der Waals surface area contributed by atoms with Gasteiger partial charge in [-0.05, 0) is 50.0 Å². The lowest BCUT2D eigenvalue weighted by Gasteiger charge is -2.20. The molecule has 1 fully saturated rings. The smallest absolute Gasteiger partial charge is 0.0208 e. The topological polar surface area (TPSA) is 29.3 Å². The van der Waals surface area contributed by atoms with Crippen molar-refractivity contribution in [3.8, 4) is 0 Å². The molecule has 1 aliphatic rings. The number of halogens is 1. The maximum absolute atomic E-state index is 6.18. The van der Waals surface area contributed by atoms with Gasteiger partial charge in [-0.1, -0.05) is 28.1 Å². The molecular weight excluding hydrogens is 264 g/mol. The van der Waals surface area contributed by atoms with Crippen molar-refractivity contribution in [3.05, 3.63) is 34.3 Å². The SMILES string of the molecule is NC(Cc1cccc(Br)c1)CN1CCCC1. The van der Waals surface area contributed by atoms with E-state index in [4.69, 9.17) is 5.73 Å². The summed E-state index contributed by atoms with van der Waals surface area (Å²) >= 11 is 3.49. The highest BCUT2D eigenvalue weighted by Crippen LogP contribution is 2.14. The summed E-state index contributed by atoms with van der Waals surface area (Å²) in [6.07, 6.45) is 3.64. The van der Waals surface area contributed by atoms with Crippen LogP contribution in [0.15, 0.2) is 28.7 Å². The Morgan fingerprint density at radius 3 is 2.75 bits per heavy atom. The largest absolute Gasteiger partial charge is 0.326 e. The van der Waals surface area contributed by atoms with Gasteiger partial charge in [0.25, 0.3) is 0 Å². The lowest BCUT2D eigenvalue weighted by Crippen LogP contribution is -2.37. The van der Waals surface area contributed by atoms with Crippen LogP contribution in [0.1, 0.15) is 18.4 Å². The van der Waals surface area contributed by atoms with E-state index >= 15 is 0 Å². The highest BCUT2D eigenvalue weighted by atomic mass is 79.9. The molecule has 0 aliphatic carbocycles. The van der Waals surface area contributed by atoms with Crippen molar-refractivity contribution < 1.29 is 0 Å². The summed E-state index contributed by atoms with van der Waals surface area (Å²) in [5.41, 5.74) is 7.50. The summed E-state index contributed by atoms with van der Waals surface area (Å²) in [5, 5.41) is 0. The first kappa shape index (κ1) is 12.1. The molecule has 0 aromatic heterocycles. The number of rotatable bonds is 4. The van der Waals surface area contributed by atoms with Crippen molar-refractivity contribution in [1.82, 2.24) is 4.90 Å². The van der Waals surface area contributed by atoms with Crippen molar-refractivity contribution in [1.29, 1.82) is 0 Å². The molecule has 16 heavy (non-hydrogen) atoms. The molecule has 0 amide bonds. The van der Waals surface area contributed by atoms with E-state index in [2.05, 4.69) is 45.1 Å². The highest BCUT2D eigenvalue weighted by Gasteiger charge is 2.14. The van der Waals surface area contributed by atoms with Gasteiger partial charge >= 0.3 is 0 Å².